The molecule has 0 spiro atoms. The second kappa shape index (κ2) is 3.06. The standard InChI is InChI=1S/C12H8N2O2/c15-5-7-3-13-9-1-2-10-12(11(7)9)8(6-16)4-14-10/h1-6,13-14H. The van der Waals surface area contributed by atoms with Crippen LogP contribution < -0.4 is 0 Å². The number of benzene rings is 1. The number of H-pyrrole nitrogens is 2. The maximum Gasteiger partial charge on any atom is 0.152 e. The van der Waals surface area contributed by atoms with Crippen LogP contribution in [0.25, 0.3) is 21.8 Å². The van der Waals surface area contributed by atoms with Crippen LogP contribution in [-0.4, -0.2) is 22.5 Å². The van der Waals surface area contributed by atoms with E-state index in [0.29, 0.717) is 11.1 Å². The quantitative estimate of drug-likeness (QED) is 0.640. The van der Waals surface area contributed by atoms with Gasteiger partial charge in [0, 0.05) is 45.3 Å². The lowest BCUT2D eigenvalue weighted by molar-refractivity contribution is 0.111. The predicted octanol–water partition coefficient (Wildman–Crippen LogP) is 2.27. The smallest absolute Gasteiger partial charge is 0.152 e. The fourth-order valence-corrected chi connectivity index (χ4v) is 2.08. The molecular formula is C12H8N2O2. The van der Waals surface area contributed by atoms with Crippen LogP contribution in [0, 0.1) is 0 Å². The van der Waals surface area contributed by atoms with Crippen LogP contribution in [0.15, 0.2) is 24.5 Å². The Kier molecular flexibility index (Phi) is 1.71. The first kappa shape index (κ1) is 8.91. The largest absolute Gasteiger partial charge is 0.360 e. The summed E-state index contributed by atoms with van der Waals surface area (Å²) in [4.78, 5) is 27.9. The van der Waals surface area contributed by atoms with Crippen LogP contribution >= 0.6 is 0 Å². The van der Waals surface area contributed by atoms with Gasteiger partial charge >= 0.3 is 0 Å². The van der Waals surface area contributed by atoms with Gasteiger partial charge in [-0.05, 0) is 12.1 Å². The Bertz CT molecular complexity index is 645. The molecule has 3 aromatic rings. The number of hydrogen-bond acceptors (Lipinski definition) is 2. The number of hydrogen-bond donors (Lipinski definition) is 2. The van der Waals surface area contributed by atoms with E-state index < -0.39 is 0 Å². The Labute approximate surface area is 90.3 Å². The van der Waals surface area contributed by atoms with Crippen molar-refractivity contribution in [1.29, 1.82) is 0 Å². The maximum atomic E-state index is 10.9. The third-order valence-electron chi connectivity index (χ3n) is 2.80. The normalized spacial score (nSPS) is 11.0. The minimum atomic E-state index is 0.572. The van der Waals surface area contributed by atoms with Gasteiger partial charge in [-0.15, -0.1) is 0 Å². The van der Waals surface area contributed by atoms with Crippen LogP contribution in [0.4, 0.5) is 0 Å². The zero-order chi connectivity index (χ0) is 11.1. The summed E-state index contributed by atoms with van der Waals surface area (Å²) in [6.07, 6.45) is 4.89. The molecule has 0 aliphatic heterocycles. The Hall–Kier alpha value is -2.36. The summed E-state index contributed by atoms with van der Waals surface area (Å²) in [6, 6.07) is 3.77. The van der Waals surface area contributed by atoms with Gasteiger partial charge in [-0.2, -0.15) is 0 Å². The molecule has 16 heavy (non-hydrogen) atoms. The molecule has 0 fully saturated rings. The van der Waals surface area contributed by atoms with Crippen molar-refractivity contribution in [3.05, 3.63) is 35.7 Å². The average Bonchev–Trinajstić information content (AvgIpc) is 2.91. The minimum Gasteiger partial charge on any atom is -0.360 e. The number of fused-ring (bicyclic) bond motifs is 3. The molecule has 3 rings (SSSR count). The van der Waals surface area contributed by atoms with Crippen LogP contribution in [0.5, 0.6) is 0 Å². The van der Waals surface area contributed by atoms with Crippen molar-refractivity contribution in [2.75, 3.05) is 0 Å². The Morgan fingerprint density at radius 2 is 1.25 bits per heavy atom. The molecule has 4 nitrogen and oxygen atoms in total. The van der Waals surface area contributed by atoms with Gasteiger partial charge in [-0.3, -0.25) is 9.59 Å². The molecule has 2 heterocycles. The highest BCUT2D eigenvalue weighted by molar-refractivity contribution is 6.17. The van der Waals surface area contributed by atoms with Gasteiger partial charge in [0.25, 0.3) is 0 Å². The lowest BCUT2D eigenvalue weighted by atomic mass is 10.1. The van der Waals surface area contributed by atoms with E-state index in [1.165, 1.54) is 0 Å². The first-order valence-corrected chi connectivity index (χ1v) is 4.86. The van der Waals surface area contributed by atoms with Crippen LogP contribution in [0.1, 0.15) is 20.7 Å². The second-order valence-corrected chi connectivity index (χ2v) is 3.63. The summed E-state index contributed by atoms with van der Waals surface area (Å²) < 4.78 is 0. The monoisotopic (exact) mass is 212 g/mol. The summed E-state index contributed by atoms with van der Waals surface area (Å²) >= 11 is 0. The molecule has 0 saturated heterocycles. The molecule has 0 aliphatic carbocycles. The number of aromatic amines is 2. The van der Waals surface area contributed by atoms with E-state index in [-0.39, 0.29) is 0 Å². The number of aromatic nitrogens is 2. The fraction of sp³-hybridized carbons (Fsp3) is 0. The van der Waals surface area contributed by atoms with E-state index in [4.69, 9.17) is 0 Å². The molecule has 1 aromatic carbocycles. The van der Waals surface area contributed by atoms with E-state index in [2.05, 4.69) is 9.97 Å². The maximum absolute atomic E-state index is 10.9. The van der Waals surface area contributed by atoms with Gasteiger partial charge in [-0.1, -0.05) is 0 Å². The molecule has 0 radical (unpaired) electrons. The van der Waals surface area contributed by atoms with E-state index in [0.717, 1.165) is 34.4 Å². The van der Waals surface area contributed by atoms with Crippen molar-refractivity contribution in [1.82, 2.24) is 9.97 Å². The number of rotatable bonds is 2. The molecule has 0 atom stereocenters. The van der Waals surface area contributed by atoms with E-state index in [9.17, 15) is 9.59 Å². The van der Waals surface area contributed by atoms with Gasteiger partial charge in [0.1, 0.15) is 0 Å². The molecule has 0 unspecified atom stereocenters. The summed E-state index contributed by atoms with van der Waals surface area (Å²) in [5.74, 6) is 0. The summed E-state index contributed by atoms with van der Waals surface area (Å²) in [6.45, 7) is 0. The Balaban J connectivity index is 2.63. The minimum absolute atomic E-state index is 0.572. The van der Waals surface area contributed by atoms with Crippen molar-refractivity contribution in [3.8, 4) is 0 Å². The van der Waals surface area contributed by atoms with Crippen molar-refractivity contribution in [3.63, 3.8) is 0 Å². The van der Waals surface area contributed by atoms with E-state index in [1.807, 2.05) is 12.1 Å². The first-order chi connectivity index (χ1) is 7.85. The summed E-state index contributed by atoms with van der Waals surface area (Å²) in [5.41, 5.74) is 2.86. The third-order valence-corrected chi connectivity index (χ3v) is 2.80. The molecule has 0 saturated carbocycles. The SMILES string of the molecule is O=Cc1c[nH]c2ccc3[nH]cc(C=O)c3c12. The highest BCUT2D eigenvalue weighted by Crippen LogP contribution is 2.28. The Morgan fingerprint density at radius 3 is 1.62 bits per heavy atom. The van der Waals surface area contributed by atoms with Crippen molar-refractivity contribution < 1.29 is 9.59 Å². The molecule has 2 aromatic heterocycles. The molecule has 2 N–H and O–H groups in total. The van der Waals surface area contributed by atoms with Crippen molar-refractivity contribution >= 4 is 34.4 Å². The van der Waals surface area contributed by atoms with E-state index >= 15 is 0 Å². The van der Waals surface area contributed by atoms with Gasteiger partial charge in [0.05, 0.1) is 0 Å². The van der Waals surface area contributed by atoms with Crippen LogP contribution in [-0.2, 0) is 0 Å². The van der Waals surface area contributed by atoms with Gasteiger partial charge in [-0.25, -0.2) is 0 Å². The molecular weight excluding hydrogens is 204 g/mol. The van der Waals surface area contributed by atoms with Crippen molar-refractivity contribution in [2.24, 2.45) is 0 Å². The third kappa shape index (κ3) is 0.982. The van der Waals surface area contributed by atoms with Gasteiger partial charge in [0.2, 0.25) is 0 Å². The average molecular weight is 212 g/mol. The van der Waals surface area contributed by atoms with Crippen LogP contribution in [0.3, 0.4) is 0 Å². The number of nitrogens with one attached hydrogen (secondary N) is 2. The first-order valence-electron chi connectivity index (χ1n) is 4.86. The highest BCUT2D eigenvalue weighted by Gasteiger charge is 2.11. The highest BCUT2D eigenvalue weighted by atomic mass is 16.1. The molecule has 78 valence electrons. The molecule has 0 aliphatic rings. The van der Waals surface area contributed by atoms with E-state index in [1.54, 1.807) is 12.4 Å². The fourth-order valence-electron chi connectivity index (χ4n) is 2.08. The molecule has 4 heteroatoms. The lowest BCUT2D eigenvalue weighted by Gasteiger charge is -1.95. The Morgan fingerprint density at radius 1 is 0.812 bits per heavy atom. The topological polar surface area (TPSA) is 65.7 Å². The van der Waals surface area contributed by atoms with Gasteiger partial charge in [0.15, 0.2) is 12.6 Å². The predicted molar refractivity (Wildman–Crippen MR) is 60.9 cm³/mol. The zero-order valence-electron chi connectivity index (χ0n) is 8.28. The molecule has 0 amide bonds. The number of carbonyl (C=O) groups is 2. The van der Waals surface area contributed by atoms with Gasteiger partial charge < -0.3 is 9.97 Å². The number of aldehydes is 2. The summed E-state index contributed by atoms with van der Waals surface area (Å²) in [7, 11) is 0. The second-order valence-electron chi connectivity index (χ2n) is 3.63. The summed E-state index contributed by atoms with van der Waals surface area (Å²) in [5, 5.41) is 1.60. The lowest BCUT2D eigenvalue weighted by Crippen LogP contribution is -1.80. The molecule has 0 bridgehead atoms. The van der Waals surface area contributed by atoms with Crippen molar-refractivity contribution in [2.45, 2.75) is 0 Å². The number of carbonyl (C=O) groups excluding carboxylic acids is 2. The van der Waals surface area contributed by atoms with Crippen LogP contribution in [0.2, 0.25) is 0 Å². The zero-order valence-corrected chi connectivity index (χ0v) is 8.28.